The Morgan fingerprint density at radius 1 is 0.636 bits per heavy atom. The molecule has 0 aliphatic heterocycles. The van der Waals surface area contributed by atoms with Crippen molar-refractivity contribution in [2.24, 2.45) is 0 Å². The first kappa shape index (κ1) is 34.2. The normalized spacial score (nSPS) is 12.7. The Bertz CT molecular complexity index is 1550. The molecule has 0 atom stereocenters. The van der Waals surface area contributed by atoms with Crippen molar-refractivity contribution in [3.63, 3.8) is 0 Å². The molecule has 0 radical (unpaired) electrons. The van der Waals surface area contributed by atoms with Crippen molar-refractivity contribution in [3.8, 4) is 11.1 Å². The molecular weight excluding hydrogens is 659 g/mol. The van der Waals surface area contributed by atoms with Gasteiger partial charge in [-0.2, -0.15) is 0 Å². The van der Waals surface area contributed by atoms with Gasteiger partial charge in [0.1, 0.15) is 0 Å². The second kappa shape index (κ2) is 15.5. The van der Waals surface area contributed by atoms with Gasteiger partial charge < -0.3 is 24.8 Å². The van der Waals surface area contributed by atoms with Crippen LogP contribution < -0.4 is 34.6 Å². The second-order valence-corrected chi connectivity index (χ2v) is 17.4. The van der Waals surface area contributed by atoms with E-state index in [0.717, 1.165) is 32.6 Å². The summed E-state index contributed by atoms with van der Waals surface area (Å²) in [4.78, 5) is 4.96. The van der Waals surface area contributed by atoms with Crippen LogP contribution in [0.15, 0.2) is 119 Å². The largest absolute Gasteiger partial charge is 1.00 e. The fraction of sp³-hybridized carbons (Fsp3) is 0.256. The molecule has 0 fully saturated rings. The maximum absolute atomic E-state index is 2.64. The van der Waals surface area contributed by atoms with Crippen LogP contribution in [-0.2, 0) is 21.3 Å². The Morgan fingerprint density at radius 3 is 1.48 bits per heavy atom. The van der Waals surface area contributed by atoms with Crippen molar-refractivity contribution in [1.82, 2.24) is 0 Å². The Kier molecular flexibility index (Phi) is 12.1. The summed E-state index contributed by atoms with van der Waals surface area (Å²) in [5.41, 5.74) is 11.4. The molecule has 0 spiro atoms. The van der Waals surface area contributed by atoms with Gasteiger partial charge in [0.25, 0.3) is 0 Å². The third-order valence-electron chi connectivity index (χ3n) is 9.04. The van der Waals surface area contributed by atoms with E-state index in [9.17, 15) is 0 Å². The van der Waals surface area contributed by atoms with Crippen LogP contribution in [0.3, 0.4) is 0 Å². The Labute approximate surface area is 284 Å². The first-order valence-electron chi connectivity index (χ1n) is 15.7. The zero-order valence-corrected chi connectivity index (χ0v) is 30.2. The predicted octanol–water partition coefficient (Wildman–Crippen LogP) is 3.19. The average Bonchev–Trinajstić information content (AvgIpc) is 3.69. The number of rotatable bonds is 10. The summed E-state index contributed by atoms with van der Waals surface area (Å²) >= 11 is -2.64. The van der Waals surface area contributed by atoms with Crippen LogP contribution >= 0.6 is 0 Å². The van der Waals surface area contributed by atoms with Gasteiger partial charge in [0.2, 0.25) is 0 Å². The minimum absolute atomic E-state index is 0. The summed E-state index contributed by atoms with van der Waals surface area (Å²) in [5.74, 6) is 0. The van der Waals surface area contributed by atoms with E-state index in [1.165, 1.54) is 44.8 Å². The molecule has 0 N–H and O–H groups in total. The molecule has 0 saturated carbocycles. The number of fused-ring (bicyclic) bond motifs is 3. The molecule has 4 aromatic carbocycles. The second-order valence-electron chi connectivity index (χ2n) is 11.2. The molecule has 5 heteroatoms. The minimum atomic E-state index is -2.64. The molecule has 0 aromatic heterocycles. The van der Waals surface area contributed by atoms with E-state index >= 15 is 0 Å². The summed E-state index contributed by atoms with van der Waals surface area (Å²) in [5, 5.41) is 0. The van der Waals surface area contributed by atoms with E-state index in [-0.39, 0.29) is 24.8 Å². The number of hydrogen-bond donors (Lipinski definition) is 0. The van der Waals surface area contributed by atoms with Crippen LogP contribution in [0.5, 0.6) is 0 Å². The number of benzene rings is 4. The summed E-state index contributed by atoms with van der Waals surface area (Å²) in [6.45, 7) is 13.1. The van der Waals surface area contributed by atoms with E-state index < -0.39 is 21.3 Å². The van der Waals surface area contributed by atoms with Gasteiger partial charge in [-0.05, 0) is 0 Å². The Balaban J connectivity index is 0.00000221. The number of nitrogens with zero attached hydrogens (tertiary/aromatic N) is 2. The SMILES string of the molecule is CCN(CC)c1ccc2c(c1)-c1cc(N(CC)CC)ccc1[CH]2[Zr+2]([C]1=CC=CC1)=[C](c1ccccc1)c1ccccc1.[Cl-].[Cl-]. The van der Waals surface area contributed by atoms with Gasteiger partial charge in [-0.25, -0.2) is 0 Å². The Hall–Kier alpha value is -2.71. The fourth-order valence-corrected chi connectivity index (χ4v) is 16.0. The summed E-state index contributed by atoms with van der Waals surface area (Å²) in [7, 11) is 0. The van der Waals surface area contributed by atoms with E-state index in [4.69, 9.17) is 0 Å². The van der Waals surface area contributed by atoms with E-state index in [1.54, 1.807) is 6.49 Å². The van der Waals surface area contributed by atoms with Gasteiger partial charge >= 0.3 is 262 Å². The van der Waals surface area contributed by atoms with Gasteiger partial charge in [-0.15, -0.1) is 0 Å². The van der Waals surface area contributed by atoms with Crippen LogP contribution in [0.2, 0.25) is 0 Å². The number of hydrogen-bond acceptors (Lipinski definition) is 2. The molecule has 0 unspecified atom stereocenters. The van der Waals surface area contributed by atoms with E-state index in [2.05, 4.69) is 153 Å². The monoisotopic (exact) mass is 698 g/mol. The van der Waals surface area contributed by atoms with Gasteiger partial charge in [-0.3, -0.25) is 0 Å². The molecule has 4 aromatic rings. The van der Waals surface area contributed by atoms with Crippen molar-refractivity contribution in [2.45, 2.75) is 37.7 Å². The molecule has 44 heavy (non-hydrogen) atoms. The van der Waals surface area contributed by atoms with Crippen LogP contribution in [0, 0.1) is 0 Å². The van der Waals surface area contributed by atoms with Crippen LogP contribution in [-0.4, -0.2) is 29.4 Å². The standard InChI is InChI=1S/C21H27N2.C13H10.C5H5.2ClH.Zr/c1-5-22(6-2)18-11-9-16-13-17-10-12-19(23(7-3)8-4)15-21(17)20(16)14-18;1-3-7-12(8-4-1)11-13-9-5-2-6-10-13;1-2-4-5-3-1;;;/h9-15H,5-8H2,1-4H3;1-10H;1-3H,4H2;2*1H;/q;;;;;+2/p-2. The van der Waals surface area contributed by atoms with E-state index in [1.807, 2.05) is 0 Å². The summed E-state index contributed by atoms with van der Waals surface area (Å²) in [6, 6.07) is 37.3. The quantitative estimate of drug-likeness (QED) is 0.251. The molecule has 2 nitrogen and oxygen atoms in total. The summed E-state index contributed by atoms with van der Waals surface area (Å²) in [6.07, 6.45) is 8.21. The third kappa shape index (κ3) is 6.48. The first-order chi connectivity index (χ1) is 20.7. The third-order valence-corrected chi connectivity index (χ3v) is 17.3. The molecule has 226 valence electrons. The number of halogens is 2. The van der Waals surface area contributed by atoms with Crippen LogP contribution in [0.4, 0.5) is 11.4 Å². The van der Waals surface area contributed by atoms with Gasteiger partial charge in [0, 0.05) is 0 Å². The van der Waals surface area contributed by atoms with E-state index in [0.29, 0.717) is 3.63 Å². The zero-order valence-electron chi connectivity index (χ0n) is 26.2. The molecule has 2 aliphatic rings. The first-order valence-corrected chi connectivity index (χ1v) is 19.5. The molecule has 0 saturated heterocycles. The van der Waals surface area contributed by atoms with Gasteiger partial charge in [0.15, 0.2) is 0 Å². The molecule has 0 heterocycles. The molecule has 0 bridgehead atoms. The van der Waals surface area contributed by atoms with Crippen molar-refractivity contribution in [1.29, 1.82) is 0 Å². The van der Waals surface area contributed by atoms with Crippen molar-refractivity contribution >= 4 is 14.6 Å². The van der Waals surface area contributed by atoms with Crippen molar-refractivity contribution in [2.75, 3.05) is 36.0 Å². The zero-order chi connectivity index (χ0) is 29.1. The maximum Gasteiger partial charge on any atom is -1.00 e. The molecule has 0 amide bonds. The maximum atomic E-state index is 2.50. The van der Waals surface area contributed by atoms with Gasteiger partial charge in [-0.1, -0.05) is 0 Å². The number of allylic oxidation sites excluding steroid dienone is 4. The number of anilines is 2. The van der Waals surface area contributed by atoms with Crippen LogP contribution in [0.1, 0.15) is 60.0 Å². The molecule has 2 aliphatic carbocycles. The van der Waals surface area contributed by atoms with Gasteiger partial charge in [0.05, 0.1) is 0 Å². The fourth-order valence-electron chi connectivity index (χ4n) is 6.93. The minimum Gasteiger partial charge on any atom is -1.00 e. The van der Waals surface area contributed by atoms with Crippen LogP contribution in [0.25, 0.3) is 11.1 Å². The predicted molar refractivity (Wildman–Crippen MR) is 179 cm³/mol. The van der Waals surface area contributed by atoms with Crippen molar-refractivity contribution in [3.05, 3.63) is 141 Å². The van der Waals surface area contributed by atoms with Crippen molar-refractivity contribution < 1.29 is 46.1 Å². The topological polar surface area (TPSA) is 6.48 Å². The molecule has 6 rings (SSSR count). The summed E-state index contributed by atoms with van der Waals surface area (Å²) < 4.78 is 3.72. The smallest absolute Gasteiger partial charge is 1.00 e. The average molecular weight is 701 g/mol. The Morgan fingerprint density at radius 2 is 1.09 bits per heavy atom. The molecular formula is C39H42Cl2N2Zr.